The van der Waals surface area contributed by atoms with E-state index in [4.69, 9.17) is 4.74 Å². The van der Waals surface area contributed by atoms with Gasteiger partial charge in [-0.3, -0.25) is 9.59 Å². The minimum Gasteiger partial charge on any atom is -0.497 e. The molecule has 168 valence electrons. The highest BCUT2D eigenvalue weighted by atomic mass is 32.2. The molecule has 1 unspecified atom stereocenters. The van der Waals surface area contributed by atoms with E-state index >= 15 is 0 Å². The Kier molecular flexibility index (Phi) is 7.88. The van der Waals surface area contributed by atoms with E-state index in [0.29, 0.717) is 11.0 Å². The summed E-state index contributed by atoms with van der Waals surface area (Å²) >= 11 is 1.29. The second kappa shape index (κ2) is 10.8. The molecule has 0 aliphatic heterocycles. The molecule has 0 radical (unpaired) electrons. The van der Waals surface area contributed by atoms with Gasteiger partial charge in [0.2, 0.25) is 11.8 Å². The number of amides is 2. The summed E-state index contributed by atoms with van der Waals surface area (Å²) < 4.78 is 6.93. The molecule has 2 aromatic carbocycles. The van der Waals surface area contributed by atoms with Gasteiger partial charge in [0.25, 0.3) is 0 Å². The van der Waals surface area contributed by atoms with Crippen molar-refractivity contribution in [2.45, 2.75) is 31.5 Å². The SMILES string of the molecule is COc1ccc(CC(=O)NC(C)c2nnc(SCC(=O)Nc3ccc(C)cc3)n2C)cc1. The third kappa shape index (κ3) is 6.34. The zero-order valence-corrected chi connectivity index (χ0v) is 19.4. The predicted molar refractivity (Wildman–Crippen MR) is 125 cm³/mol. The summed E-state index contributed by atoms with van der Waals surface area (Å²) in [6.07, 6.45) is 0.257. The molecule has 3 rings (SSSR count). The maximum Gasteiger partial charge on any atom is 0.234 e. The number of carbonyl (C=O) groups is 2. The van der Waals surface area contributed by atoms with Crippen LogP contribution in [0.1, 0.15) is 29.9 Å². The standard InChI is InChI=1S/C23H27N5O3S/c1-15-5-9-18(10-6-15)25-21(30)14-32-23-27-26-22(28(23)3)16(2)24-20(29)13-17-7-11-19(31-4)12-8-17/h5-12,16H,13-14H2,1-4H3,(H,24,29)(H,25,30). The second-order valence-corrected chi connectivity index (χ2v) is 8.36. The van der Waals surface area contributed by atoms with Crippen LogP contribution in [-0.4, -0.2) is 39.4 Å². The van der Waals surface area contributed by atoms with E-state index in [0.717, 1.165) is 22.6 Å². The molecular formula is C23H27N5O3S. The van der Waals surface area contributed by atoms with Crippen molar-refractivity contribution in [3.63, 3.8) is 0 Å². The summed E-state index contributed by atoms with van der Waals surface area (Å²) in [5.74, 6) is 1.34. The fourth-order valence-electron chi connectivity index (χ4n) is 3.08. The third-order valence-corrected chi connectivity index (χ3v) is 5.85. The van der Waals surface area contributed by atoms with Crippen LogP contribution in [0.4, 0.5) is 5.69 Å². The molecule has 0 saturated carbocycles. The number of hydrogen-bond donors (Lipinski definition) is 2. The molecule has 1 aromatic heterocycles. The highest BCUT2D eigenvalue weighted by Gasteiger charge is 2.18. The summed E-state index contributed by atoms with van der Waals surface area (Å²) in [6.45, 7) is 3.85. The van der Waals surface area contributed by atoms with Gasteiger partial charge in [0.05, 0.1) is 25.3 Å². The normalized spacial score (nSPS) is 11.6. The van der Waals surface area contributed by atoms with Crippen molar-refractivity contribution in [1.29, 1.82) is 0 Å². The van der Waals surface area contributed by atoms with Gasteiger partial charge in [-0.25, -0.2) is 0 Å². The zero-order chi connectivity index (χ0) is 23.1. The van der Waals surface area contributed by atoms with E-state index in [1.54, 1.807) is 11.7 Å². The molecule has 2 amide bonds. The number of nitrogens with one attached hydrogen (secondary N) is 2. The fourth-order valence-corrected chi connectivity index (χ4v) is 3.80. The number of aryl methyl sites for hydroxylation is 1. The molecule has 0 saturated heterocycles. The monoisotopic (exact) mass is 453 g/mol. The molecule has 9 heteroatoms. The predicted octanol–water partition coefficient (Wildman–Crippen LogP) is 3.28. The Bertz CT molecular complexity index is 1060. The van der Waals surface area contributed by atoms with Crippen LogP contribution in [0.5, 0.6) is 5.75 Å². The third-order valence-electron chi connectivity index (χ3n) is 4.82. The van der Waals surface area contributed by atoms with E-state index in [1.165, 1.54) is 11.8 Å². The van der Waals surface area contributed by atoms with Crippen LogP contribution in [-0.2, 0) is 23.1 Å². The summed E-state index contributed by atoms with van der Waals surface area (Å²) in [7, 11) is 3.43. The Morgan fingerprint density at radius 2 is 1.75 bits per heavy atom. The Morgan fingerprint density at radius 1 is 1.06 bits per heavy atom. The van der Waals surface area contributed by atoms with E-state index in [1.807, 2.05) is 69.4 Å². The van der Waals surface area contributed by atoms with Gasteiger partial charge in [-0.2, -0.15) is 0 Å². The quantitative estimate of drug-likeness (QED) is 0.483. The molecule has 3 aromatic rings. The number of ether oxygens (including phenoxy) is 1. The first-order valence-corrected chi connectivity index (χ1v) is 11.1. The molecule has 0 spiro atoms. The molecule has 1 atom stereocenters. The van der Waals surface area contributed by atoms with Gasteiger partial charge in [0.1, 0.15) is 5.75 Å². The van der Waals surface area contributed by atoms with Crippen LogP contribution in [0, 0.1) is 6.92 Å². The largest absolute Gasteiger partial charge is 0.497 e. The van der Waals surface area contributed by atoms with Crippen LogP contribution in [0.15, 0.2) is 53.7 Å². The lowest BCUT2D eigenvalue weighted by Gasteiger charge is -2.14. The Morgan fingerprint density at radius 3 is 2.41 bits per heavy atom. The number of carbonyl (C=O) groups excluding carboxylic acids is 2. The summed E-state index contributed by atoms with van der Waals surface area (Å²) in [6, 6.07) is 14.7. The maximum absolute atomic E-state index is 12.4. The fraction of sp³-hybridized carbons (Fsp3) is 0.304. The van der Waals surface area contributed by atoms with E-state index in [9.17, 15) is 9.59 Å². The number of hydrogen-bond acceptors (Lipinski definition) is 6. The van der Waals surface area contributed by atoms with Crippen LogP contribution < -0.4 is 15.4 Å². The number of aromatic nitrogens is 3. The molecule has 0 aliphatic carbocycles. The Balaban J connectivity index is 1.51. The minimum absolute atomic E-state index is 0.114. The molecule has 0 fully saturated rings. The van der Waals surface area contributed by atoms with Gasteiger partial charge in [-0.15, -0.1) is 10.2 Å². The lowest BCUT2D eigenvalue weighted by atomic mass is 10.1. The number of thioether (sulfide) groups is 1. The van der Waals surface area contributed by atoms with Crippen LogP contribution >= 0.6 is 11.8 Å². The topological polar surface area (TPSA) is 98.1 Å². The molecule has 8 nitrogen and oxygen atoms in total. The summed E-state index contributed by atoms with van der Waals surface area (Å²) in [5, 5.41) is 14.8. The lowest BCUT2D eigenvalue weighted by molar-refractivity contribution is -0.121. The van der Waals surface area contributed by atoms with Gasteiger partial charge in [-0.1, -0.05) is 41.6 Å². The van der Waals surface area contributed by atoms with E-state index < -0.39 is 0 Å². The first kappa shape index (κ1) is 23.3. The molecule has 1 heterocycles. The average Bonchev–Trinajstić information content (AvgIpc) is 3.15. The van der Waals surface area contributed by atoms with Gasteiger partial charge >= 0.3 is 0 Å². The number of anilines is 1. The van der Waals surface area contributed by atoms with Crippen molar-refractivity contribution < 1.29 is 14.3 Å². The van der Waals surface area contributed by atoms with Crippen LogP contribution in [0.25, 0.3) is 0 Å². The number of benzene rings is 2. The van der Waals surface area contributed by atoms with Crippen molar-refractivity contribution in [3.05, 3.63) is 65.5 Å². The van der Waals surface area contributed by atoms with Crippen molar-refractivity contribution in [2.75, 3.05) is 18.2 Å². The molecule has 2 N–H and O–H groups in total. The Hall–Kier alpha value is -3.33. The van der Waals surface area contributed by atoms with Crippen LogP contribution in [0.3, 0.4) is 0 Å². The molecule has 0 bridgehead atoms. The first-order chi connectivity index (χ1) is 15.4. The van der Waals surface area contributed by atoms with Crippen molar-refractivity contribution in [3.8, 4) is 5.75 Å². The minimum atomic E-state index is -0.325. The smallest absolute Gasteiger partial charge is 0.234 e. The van der Waals surface area contributed by atoms with Crippen molar-refractivity contribution >= 4 is 29.3 Å². The molecule has 0 aliphatic rings. The van der Waals surface area contributed by atoms with Crippen LogP contribution in [0.2, 0.25) is 0 Å². The van der Waals surface area contributed by atoms with E-state index in [2.05, 4.69) is 20.8 Å². The molecular weight excluding hydrogens is 426 g/mol. The number of nitrogens with zero attached hydrogens (tertiary/aromatic N) is 3. The summed E-state index contributed by atoms with van der Waals surface area (Å²) in [5.41, 5.74) is 2.78. The average molecular weight is 454 g/mol. The van der Waals surface area contributed by atoms with Gasteiger partial charge in [-0.05, 0) is 43.7 Å². The second-order valence-electron chi connectivity index (χ2n) is 7.42. The highest BCUT2D eigenvalue weighted by Crippen LogP contribution is 2.20. The van der Waals surface area contributed by atoms with Crippen molar-refractivity contribution in [1.82, 2.24) is 20.1 Å². The highest BCUT2D eigenvalue weighted by molar-refractivity contribution is 7.99. The zero-order valence-electron chi connectivity index (χ0n) is 18.6. The van der Waals surface area contributed by atoms with Gasteiger partial charge < -0.3 is 19.9 Å². The van der Waals surface area contributed by atoms with E-state index in [-0.39, 0.29) is 30.0 Å². The first-order valence-electron chi connectivity index (χ1n) is 10.2. The number of methoxy groups -OCH3 is 1. The maximum atomic E-state index is 12.4. The Labute approximate surface area is 191 Å². The number of rotatable bonds is 9. The van der Waals surface area contributed by atoms with Crippen molar-refractivity contribution in [2.24, 2.45) is 7.05 Å². The van der Waals surface area contributed by atoms with Gasteiger partial charge in [0, 0.05) is 12.7 Å². The molecule has 32 heavy (non-hydrogen) atoms. The summed E-state index contributed by atoms with van der Waals surface area (Å²) in [4.78, 5) is 24.6. The van der Waals surface area contributed by atoms with Gasteiger partial charge in [0.15, 0.2) is 11.0 Å². The lowest BCUT2D eigenvalue weighted by Crippen LogP contribution is -2.29.